The van der Waals surface area contributed by atoms with Crippen molar-refractivity contribution in [3.63, 3.8) is 0 Å². The summed E-state index contributed by atoms with van der Waals surface area (Å²) in [5.74, 6) is 0.678. The monoisotopic (exact) mass is 404 g/mol. The minimum absolute atomic E-state index is 0.0771. The molecule has 3 aromatic rings. The zero-order valence-electron chi connectivity index (χ0n) is 18.0. The number of hydrogen-bond donors (Lipinski definition) is 1. The average molecular weight is 405 g/mol. The van der Waals surface area contributed by atoms with Crippen LogP contribution >= 0.6 is 0 Å². The fourth-order valence-corrected chi connectivity index (χ4v) is 3.62. The van der Waals surface area contributed by atoms with Crippen LogP contribution in [-0.4, -0.2) is 33.6 Å². The van der Waals surface area contributed by atoms with Crippen LogP contribution in [-0.2, 0) is 6.54 Å². The van der Waals surface area contributed by atoms with Crippen molar-refractivity contribution >= 4 is 11.7 Å². The van der Waals surface area contributed by atoms with E-state index in [1.807, 2.05) is 40.8 Å². The number of imidazole rings is 1. The highest BCUT2D eigenvalue weighted by atomic mass is 16.5. The second-order valence-electron chi connectivity index (χ2n) is 8.03. The van der Waals surface area contributed by atoms with Crippen molar-refractivity contribution in [2.75, 3.05) is 12.4 Å². The van der Waals surface area contributed by atoms with Gasteiger partial charge in [0.25, 0.3) is 0 Å². The van der Waals surface area contributed by atoms with Gasteiger partial charge in [-0.3, -0.25) is 0 Å². The summed E-state index contributed by atoms with van der Waals surface area (Å²) in [6.45, 7) is 6.74. The predicted octanol–water partition coefficient (Wildman–Crippen LogP) is 5.00. The summed E-state index contributed by atoms with van der Waals surface area (Å²) in [6, 6.07) is 12.3. The van der Waals surface area contributed by atoms with Crippen molar-refractivity contribution in [3.05, 3.63) is 71.3 Å². The van der Waals surface area contributed by atoms with Crippen LogP contribution in [0, 0.1) is 20.8 Å². The third kappa shape index (κ3) is 4.32. The number of carbonyl (C=O) groups excluding carboxylic acids is 1. The molecule has 0 atom stereocenters. The Morgan fingerprint density at radius 2 is 2.00 bits per heavy atom. The highest BCUT2D eigenvalue weighted by molar-refractivity contribution is 5.90. The number of ether oxygens (including phenoxy) is 1. The lowest BCUT2D eigenvalue weighted by Gasteiger charge is -2.24. The molecule has 1 aliphatic carbocycles. The molecular formula is C24H28N4O2. The van der Waals surface area contributed by atoms with Crippen LogP contribution in [0.3, 0.4) is 0 Å². The molecule has 6 heteroatoms. The molecule has 30 heavy (non-hydrogen) atoms. The lowest BCUT2D eigenvalue weighted by molar-refractivity contribution is 0.206. The Morgan fingerprint density at radius 1 is 1.20 bits per heavy atom. The zero-order chi connectivity index (χ0) is 21.3. The van der Waals surface area contributed by atoms with E-state index in [0.717, 1.165) is 24.2 Å². The lowest BCUT2D eigenvalue weighted by Crippen LogP contribution is -2.36. The molecule has 2 amide bonds. The van der Waals surface area contributed by atoms with E-state index in [4.69, 9.17) is 4.74 Å². The maximum absolute atomic E-state index is 13.1. The number of hydrogen-bond acceptors (Lipinski definition) is 3. The number of nitrogens with zero attached hydrogens (tertiary/aromatic N) is 3. The first-order valence-corrected chi connectivity index (χ1v) is 10.3. The summed E-state index contributed by atoms with van der Waals surface area (Å²) < 4.78 is 7.48. The highest BCUT2D eigenvalue weighted by Crippen LogP contribution is 2.31. The van der Waals surface area contributed by atoms with Gasteiger partial charge in [-0.25, -0.2) is 9.78 Å². The van der Waals surface area contributed by atoms with Crippen molar-refractivity contribution in [1.82, 2.24) is 14.5 Å². The molecule has 1 N–H and O–H groups in total. The summed E-state index contributed by atoms with van der Waals surface area (Å²) in [5.41, 5.74) is 6.14. The molecule has 0 radical (unpaired) electrons. The number of rotatable bonds is 6. The Balaban J connectivity index is 1.53. The molecule has 1 heterocycles. The SMILES string of the molecule is COc1cc(NC(=O)N(Cc2cc(C)ccc2C)C2CC2)ccc1-n1cnc(C)c1. The second-order valence-corrected chi connectivity index (χ2v) is 8.03. The molecule has 156 valence electrons. The fourth-order valence-electron chi connectivity index (χ4n) is 3.62. The number of urea groups is 1. The maximum atomic E-state index is 13.1. The Morgan fingerprint density at radius 3 is 2.67 bits per heavy atom. The Hall–Kier alpha value is -3.28. The van der Waals surface area contributed by atoms with Crippen LogP contribution in [0.5, 0.6) is 5.75 Å². The summed E-state index contributed by atoms with van der Waals surface area (Å²) in [4.78, 5) is 19.3. The van der Waals surface area contributed by atoms with Gasteiger partial charge < -0.3 is 19.5 Å². The van der Waals surface area contributed by atoms with Gasteiger partial charge in [-0.1, -0.05) is 23.8 Å². The zero-order valence-corrected chi connectivity index (χ0v) is 18.0. The van der Waals surface area contributed by atoms with Crippen LogP contribution in [0.4, 0.5) is 10.5 Å². The topological polar surface area (TPSA) is 59.4 Å². The van der Waals surface area contributed by atoms with E-state index in [0.29, 0.717) is 24.0 Å². The van der Waals surface area contributed by atoms with Gasteiger partial charge in [-0.15, -0.1) is 0 Å². The van der Waals surface area contributed by atoms with Gasteiger partial charge in [-0.2, -0.15) is 0 Å². The van der Waals surface area contributed by atoms with Gasteiger partial charge in [-0.05, 0) is 56.9 Å². The molecule has 1 aliphatic rings. The van der Waals surface area contributed by atoms with Gasteiger partial charge >= 0.3 is 6.03 Å². The van der Waals surface area contributed by atoms with Gasteiger partial charge in [0, 0.05) is 30.5 Å². The molecule has 0 spiro atoms. The Labute approximate surface area is 177 Å². The highest BCUT2D eigenvalue weighted by Gasteiger charge is 2.33. The first-order valence-electron chi connectivity index (χ1n) is 10.3. The van der Waals surface area contributed by atoms with Crippen molar-refractivity contribution in [1.29, 1.82) is 0 Å². The van der Waals surface area contributed by atoms with E-state index in [1.54, 1.807) is 13.4 Å². The lowest BCUT2D eigenvalue weighted by atomic mass is 10.1. The van der Waals surface area contributed by atoms with E-state index in [1.165, 1.54) is 16.7 Å². The van der Waals surface area contributed by atoms with Crippen LogP contribution in [0.1, 0.15) is 35.2 Å². The van der Waals surface area contributed by atoms with Crippen LogP contribution in [0.25, 0.3) is 5.69 Å². The quantitative estimate of drug-likeness (QED) is 0.629. The maximum Gasteiger partial charge on any atom is 0.322 e. The Kier molecular flexibility index (Phi) is 5.48. The summed E-state index contributed by atoms with van der Waals surface area (Å²) in [7, 11) is 1.63. The van der Waals surface area contributed by atoms with Gasteiger partial charge in [0.2, 0.25) is 0 Å². The van der Waals surface area contributed by atoms with E-state index in [-0.39, 0.29) is 6.03 Å². The molecule has 4 rings (SSSR count). The normalized spacial score (nSPS) is 13.2. The number of nitrogens with one attached hydrogen (secondary N) is 1. The molecule has 6 nitrogen and oxygen atoms in total. The minimum atomic E-state index is -0.0771. The largest absolute Gasteiger partial charge is 0.494 e. The molecule has 0 aliphatic heterocycles. The molecule has 2 aromatic carbocycles. The van der Waals surface area contributed by atoms with Crippen LogP contribution in [0.15, 0.2) is 48.9 Å². The third-order valence-corrected chi connectivity index (χ3v) is 5.51. The molecular weight excluding hydrogens is 376 g/mol. The number of methoxy groups -OCH3 is 1. The molecule has 0 saturated heterocycles. The number of benzene rings is 2. The first kappa shape index (κ1) is 20.0. The first-order chi connectivity index (χ1) is 14.4. The van der Waals surface area contributed by atoms with Crippen molar-refractivity contribution in [2.45, 2.75) is 46.2 Å². The number of aryl methyl sites for hydroxylation is 3. The minimum Gasteiger partial charge on any atom is -0.494 e. The van der Waals surface area contributed by atoms with E-state index < -0.39 is 0 Å². The Bertz CT molecular complexity index is 1070. The standard InChI is InChI=1S/C24H28N4O2/c1-16-5-6-17(2)19(11-16)14-28(21-8-9-21)24(29)26-20-7-10-22(23(12-20)30-4)27-13-18(3)25-15-27/h5-7,10-13,15,21H,8-9,14H2,1-4H3,(H,26,29). The molecule has 1 aromatic heterocycles. The molecule has 1 saturated carbocycles. The van der Waals surface area contributed by atoms with E-state index >= 15 is 0 Å². The van der Waals surface area contributed by atoms with E-state index in [2.05, 4.69) is 42.3 Å². The number of anilines is 1. The second kappa shape index (κ2) is 8.22. The molecule has 1 fully saturated rings. The van der Waals surface area contributed by atoms with Crippen LogP contribution < -0.4 is 10.1 Å². The number of amides is 2. The predicted molar refractivity (Wildman–Crippen MR) is 118 cm³/mol. The van der Waals surface area contributed by atoms with Crippen molar-refractivity contribution in [2.24, 2.45) is 0 Å². The smallest absolute Gasteiger partial charge is 0.322 e. The van der Waals surface area contributed by atoms with E-state index in [9.17, 15) is 4.79 Å². The summed E-state index contributed by atoms with van der Waals surface area (Å²) in [6.07, 6.45) is 5.81. The number of aromatic nitrogens is 2. The van der Waals surface area contributed by atoms with Crippen molar-refractivity contribution < 1.29 is 9.53 Å². The fraction of sp³-hybridized carbons (Fsp3) is 0.333. The summed E-state index contributed by atoms with van der Waals surface area (Å²) in [5, 5.41) is 3.06. The number of carbonyl (C=O) groups is 1. The van der Waals surface area contributed by atoms with Gasteiger partial charge in [0.15, 0.2) is 0 Å². The summed E-state index contributed by atoms with van der Waals surface area (Å²) >= 11 is 0. The van der Waals surface area contributed by atoms with Crippen LogP contribution in [0.2, 0.25) is 0 Å². The average Bonchev–Trinajstić information content (AvgIpc) is 3.48. The molecule has 0 unspecified atom stereocenters. The van der Waals surface area contributed by atoms with Gasteiger partial charge in [0.1, 0.15) is 5.75 Å². The van der Waals surface area contributed by atoms with Crippen molar-refractivity contribution in [3.8, 4) is 11.4 Å². The molecule has 0 bridgehead atoms. The van der Waals surface area contributed by atoms with Gasteiger partial charge in [0.05, 0.1) is 24.8 Å². The third-order valence-electron chi connectivity index (χ3n) is 5.51.